The van der Waals surface area contributed by atoms with Gasteiger partial charge in [0.25, 0.3) is 0 Å². The van der Waals surface area contributed by atoms with Crippen LogP contribution in [0.3, 0.4) is 0 Å². The lowest BCUT2D eigenvalue weighted by Gasteiger charge is -2.34. The molecule has 1 saturated heterocycles. The van der Waals surface area contributed by atoms with E-state index in [1.807, 2.05) is 25.3 Å². The quantitative estimate of drug-likeness (QED) is 0.751. The average Bonchev–Trinajstić information content (AvgIpc) is 3.05. The second-order valence-corrected chi connectivity index (χ2v) is 9.13. The summed E-state index contributed by atoms with van der Waals surface area (Å²) in [5.74, 6) is 0.669. The number of nitriles is 1. The van der Waals surface area contributed by atoms with Crippen molar-refractivity contribution in [3.63, 3.8) is 0 Å². The number of carbonyl (C=O) groups excluding carboxylic acids is 1. The van der Waals surface area contributed by atoms with Crippen LogP contribution < -0.4 is 5.32 Å². The molecule has 1 amide bonds. The molecule has 0 atom stereocenters. The predicted molar refractivity (Wildman–Crippen MR) is 125 cm³/mol. The van der Waals surface area contributed by atoms with Gasteiger partial charge in [0.2, 0.25) is 5.91 Å². The molecule has 0 aromatic carbocycles. The summed E-state index contributed by atoms with van der Waals surface area (Å²) in [6.07, 6.45) is 7.74. The molecule has 170 valence electrons. The van der Waals surface area contributed by atoms with Gasteiger partial charge in [0.05, 0.1) is 17.8 Å². The molecule has 2 aromatic heterocycles. The molecule has 4 rings (SSSR count). The topological polar surface area (TPSA) is 77.2 Å². The third-order valence-corrected chi connectivity index (χ3v) is 7.01. The van der Waals surface area contributed by atoms with Crippen molar-refractivity contribution in [3.05, 3.63) is 46.9 Å². The first-order valence-electron chi connectivity index (χ1n) is 11.8. The van der Waals surface area contributed by atoms with E-state index in [-0.39, 0.29) is 5.91 Å². The number of hydrogen-bond donors (Lipinski definition) is 1. The Morgan fingerprint density at radius 3 is 2.50 bits per heavy atom. The van der Waals surface area contributed by atoms with E-state index in [0.29, 0.717) is 24.0 Å². The molecule has 7 heteroatoms. The van der Waals surface area contributed by atoms with Crippen LogP contribution in [0, 0.1) is 25.2 Å². The maximum Gasteiger partial charge on any atom is 0.239 e. The fraction of sp³-hybridized carbons (Fsp3) is 0.560. The fourth-order valence-electron chi connectivity index (χ4n) is 5.08. The summed E-state index contributed by atoms with van der Waals surface area (Å²) in [5.41, 5.74) is 3.78. The number of piperazine rings is 1. The summed E-state index contributed by atoms with van der Waals surface area (Å²) in [7, 11) is 0. The van der Waals surface area contributed by atoms with Gasteiger partial charge < -0.3 is 9.88 Å². The highest BCUT2D eigenvalue weighted by Crippen LogP contribution is 2.36. The summed E-state index contributed by atoms with van der Waals surface area (Å²) in [5, 5.41) is 12.9. The molecule has 1 N–H and O–H groups in total. The highest BCUT2D eigenvalue weighted by molar-refractivity contribution is 5.93. The number of carbonyl (C=O) groups is 1. The minimum absolute atomic E-state index is 0.0331. The third-order valence-electron chi connectivity index (χ3n) is 7.01. The van der Waals surface area contributed by atoms with Gasteiger partial charge in [-0.2, -0.15) is 5.26 Å². The Labute approximate surface area is 191 Å². The predicted octanol–water partition coefficient (Wildman–Crippen LogP) is 3.63. The smallest absolute Gasteiger partial charge is 0.239 e. The molecule has 2 aromatic rings. The summed E-state index contributed by atoms with van der Waals surface area (Å²) in [6, 6.07) is 8.72. The average molecular weight is 435 g/mol. The zero-order valence-corrected chi connectivity index (χ0v) is 19.3. The number of pyridine rings is 1. The van der Waals surface area contributed by atoms with E-state index < -0.39 is 0 Å². The Morgan fingerprint density at radius 2 is 1.84 bits per heavy atom. The van der Waals surface area contributed by atoms with E-state index in [0.717, 1.165) is 62.5 Å². The first kappa shape index (κ1) is 22.5. The summed E-state index contributed by atoms with van der Waals surface area (Å²) >= 11 is 0. The van der Waals surface area contributed by atoms with Crippen molar-refractivity contribution in [1.29, 1.82) is 5.26 Å². The van der Waals surface area contributed by atoms with Gasteiger partial charge in [0.15, 0.2) is 0 Å². The molecule has 32 heavy (non-hydrogen) atoms. The molecule has 1 aliphatic heterocycles. The maximum atomic E-state index is 13.0. The molecule has 2 aliphatic rings. The number of nitrogens with zero attached hydrogens (tertiary/aromatic N) is 5. The number of rotatable bonds is 6. The van der Waals surface area contributed by atoms with E-state index in [1.54, 1.807) is 0 Å². The molecule has 0 radical (unpaired) electrons. The summed E-state index contributed by atoms with van der Waals surface area (Å²) in [6.45, 7) is 8.81. The van der Waals surface area contributed by atoms with Crippen LogP contribution >= 0.6 is 0 Å². The van der Waals surface area contributed by atoms with Gasteiger partial charge in [0, 0.05) is 50.7 Å². The lowest BCUT2D eigenvalue weighted by molar-refractivity contribution is -0.117. The zero-order chi connectivity index (χ0) is 22.5. The molecule has 2 fully saturated rings. The molecule has 7 nitrogen and oxygen atoms in total. The Balaban J connectivity index is 1.37. The molecule has 0 unspecified atom stereocenters. The maximum absolute atomic E-state index is 13.0. The third kappa shape index (κ3) is 5.03. The van der Waals surface area contributed by atoms with Crippen molar-refractivity contribution in [3.8, 4) is 6.07 Å². The van der Waals surface area contributed by atoms with Gasteiger partial charge in [-0.15, -0.1) is 0 Å². The van der Waals surface area contributed by atoms with Crippen LogP contribution in [-0.2, 0) is 11.3 Å². The molecular formula is C25H34N6O. The van der Waals surface area contributed by atoms with E-state index in [2.05, 4.69) is 43.7 Å². The number of aromatic nitrogens is 2. The van der Waals surface area contributed by atoms with Crippen molar-refractivity contribution in [2.45, 2.75) is 58.5 Å². The van der Waals surface area contributed by atoms with Crippen LogP contribution in [0.25, 0.3) is 0 Å². The van der Waals surface area contributed by atoms with Gasteiger partial charge in [0.1, 0.15) is 11.9 Å². The molecule has 0 bridgehead atoms. The van der Waals surface area contributed by atoms with Crippen molar-refractivity contribution < 1.29 is 4.79 Å². The summed E-state index contributed by atoms with van der Waals surface area (Å²) in [4.78, 5) is 22.0. The van der Waals surface area contributed by atoms with Gasteiger partial charge in [-0.1, -0.05) is 25.3 Å². The van der Waals surface area contributed by atoms with Crippen molar-refractivity contribution in [1.82, 2.24) is 19.4 Å². The van der Waals surface area contributed by atoms with Crippen molar-refractivity contribution >= 4 is 11.7 Å². The normalized spacial score (nSPS) is 18.4. The lowest BCUT2D eigenvalue weighted by atomic mass is 9.95. The van der Waals surface area contributed by atoms with Crippen LogP contribution in [-0.4, -0.2) is 58.0 Å². The van der Waals surface area contributed by atoms with Gasteiger partial charge in [-0.05, 0) is 44.4 Å². The second-order valence-electron chi connectivity index (χ2n) is 9.13. The molecular weight excluding hydrogens is 400 g/mol. The largest absolute Gasteiger partial charge is 0.327 e. The minimum Gasteiger partial charge on any atom is -0.327 e. The van der Waals surface area contributed by atoms with Crippen molar-refractivity contribution in [2.24, 2.45) is 0 Å². The number of hydrogen-bond acceptors (Lipinski definition) is 5. The highest BCUT2D eigenvalue weighted by atomic mass is 16.2. The van der Waals surface area contributed by atoms with E-state index in [4.69, 9.17) is 0 Å². The fourth-order valence-corrected chi connectivity index (χ4v) is 5.08. The Morgan fingerprint density at radius 1 is 1.12 bits per heavy atom. The molecule has 0 spiro atoms. The van der Waals surface area contributed by atoms with Crippen LogP contribution in [0.4, 0.5) is 5.82 Å². The Hall–Kier alpha value is -2.69. The van der Waals surface area contributed by atoms with Gasteiger partial charge in [-0.3, -0.25) is 19.6 Å². The number of anilines is 1. The monoisotopic (exact) mass is 434 g/mol. The highest BCUT2D eigenvalue weighted by Gasteiger charge is 2.27. The SMILES string of the molecule is Cc1c(C#N)c(NC(=O)CN2CCN(Cc3ccccn3)CC2)n(C2CCCCC2)c1C. The van der Waals surface area contributed by atoms with Crippen LogP contribution in [0.5, 0.6) is 0 Å². The van der Waals surface area contributed by atoms with Crippen molar-refractivity contribution in [2.75, 3.05) is 38.0 Å². The van der Waals surface area contributed by atoms with E-state index in [1.165, 1.54) is 19.3 Å². The number of nitrogens with one attached hydrogen (secondary N) is 1. The summed E-state index contributed by atoms with van der Waals surface area (Å²) < 4.78 is 2.23. The molecule has 1 saturated carbocycles. The minimum atomic E-state index is -0.0331. The van der Waals surface area contributed by atoms with Crippen LogP contribution in [0.1, 0.15) is 60.7 Å². The second kappa shape index (κ2) is 10.3. The molecule has 3 heterocycles. The van der Waals surface area contributed by atoms with E-state index in [9.17, 15) is 10.1 Å². The standard InChI is InChI=1S/C25H34N6O/c1-19-20(2)31(22-9-4-3-5-10-22)25(23(19)16-26)28-24(32)18-30-14-12-29(13-15-30)17-21-8-6-7-11-27-21/h6-8,11,22H,3-5,9-10,12-15,17-18H2,1-2H3,(H,28,32). The number of amides is 1. The van der Waals surface area contributed by atoms with E-state index >= 15 is 0 Å². The van der Waals surface area contributed by atoms with Gasteiger partial charge >= 0.3 is 0 Å². The van der Waals surface area contributed by atoms with Gasteiger partial charge in [-0.25, -0.2) is 0 Å². The van der Waals surface area contributed by atoms with Crippen LogP contribution in [0.2, 0.25) is 0 Å². The van der Waals surface area contributed by atoms with Crippen LogP contribution in [0.15, 0.2) is 24.4 Å². The lowest BCUT2D eigenvalue weighted by Crippen LogP contribution is -2.48. The molecule has 1 aliphatic carbocycles. The first-order valence-corrected chi connectivity index (χ1v) is 11.8. The Bertz CT molecular complexity index is 963. The Kier molecular flexibility index (Phi) is 7.23. The zero-order valence-electron chi connectivity index (χ0n) is 19.3. The first-order chi connectivity index (χ1) is 15.6.